The molecular weight excluding hydrogens is 528 g/mol. The minimum absolute atomic E-state index is 0.0878. The first-order valence-electron chi connectivity index (χ1n) is 13.0. The molecule has 37 heavy (non-hydrogen) atoms. The molecule has 0 saturated carbocycles. The van der Waals surface area contributed by atoms with Crippen molar-refractivity contribution in [2.75, 3.05) is 31.5 Å². The first-order chi connectivity index (χ1) is 17.8. The van der Waals surface area contributed by atoms with E-state index >= 15 is 0 Å². The van der Waals surface area contributed by atoms with Gasteiger partial charge >= 0.3 is 0 Å². The van der Waals surface area contributed by atoms with Crippen molar-refractivity contribution in [2.24, 2.45) is 0 Å². The SMILES string of the molecule is CCN(CC)CCCNC(=O)c1c(C(C)C)[nH]c(/C=C2\C(=O)Nc3ccc(Br)cc32)c1-c1ccccc1. The number of H-pyrrole nitrogens is 1. The molecule has 0 aliphatic carbocycles. The summed E-state index contributed by atoms with van der Waals surface area (Å²) in [6, 6.07) is 15.6. The van der Waals surface area contributed by atoms with E-state index in [2.05, 4.69) is 64.1 Å². The molecule has 1 aliphatic rings. The maximum atomic E-state index is 13.7. The van der Waals surface area contributed by atoms with Crippen molar-refractivity contribution < 1.29 is 9.59 Å². The van der Waals surface area contributed by atoms with Gasteiger partial charge in [0.25, 0.3) is 11.8 Å². The summed E-state index contributed by atoms with van der Waals surface area (Å²) in [5.41, 5.74) is 6.18. The van der Waals surface area contributed by atoms with Gasteiger partial charge in [0.15, 0.2) is 0 Å². The molecule has 0 saturated heterocycles. The van der Waals surface area contributed by atoms with Crippen LogP contribution >= 0.6 is 15.9 Å². The lowest BCUT2D eigenvalue weighted by Crippen LogP contribution is -2.30. The van der Waals surface area contributed by atoms with Gasteiger partial charge in [0.2, 0.25) is 0 Å². The number of fused-ring (bicyclic) bond motifs is 1. The predicted octanol–water partition coefficient (Wildman–Crippen LogP) is 6.52. The van der Waals surface area contributed by atoms with Gasteiger partial charge in [0.05, 0.1) is 11.1 Å². The second kappa shape index (κ2) is 11.9. The summed E-state index contributed by atoms with van der Waals surface area (Å²) in [4.78, 5) is 32.5. The lowest BCUT2D eigenvalue weighted by atomic mass is 9.95. The van der Waals surface area contributed by atoms with E-state index < -0.39 is 0 Å². The largest absolute Gasteiger partial charge is 0.357 e. The summed E-state index contributed by atoms with van der Waals surface area (Å²) >= 11 is 3.52. The Kier molecular flexibility index (Phi) is 8.67. The van der Waals surface area contributed by atoms with Gasteiger partial charge in [-0.3, -0.25) is 9.59 Å². The Morgan fingerprint density at radius 1 is 1.11 bits per heavy atom. The van der Waals surface area contributed by atoms with Gasteiger partial charge in [0.1, 0.15) is 0 Å². The maximum Gasteiger partial charge on any atom is 0.256 e. The smallest absolute Gasteiger partial charge is 0.256 e. The van der Waals surface area contributed by atoms with Crippen LogP contribution in [0.4, 0.5) is 5.69 Å². The normalized spacial score (nSPS) is 13.9. The number of anilines is 1. The number of carbonyl (C=O) groups is 2. The van der Waals surface area contributed by atoms with E-state index in [0.717, 1.165) is 64.3 Å². The van der Waals surface area contributed by atoms with Crippen molar-refractivity contribution in [3.63, 3.8) is 0 Å². The first kappa shape index (κ1) is 26.9. The molecule has 0 atom stereocenters. The summed E-state index contributed by atoms with van der Waals surface area (Å²) in [7, 11) is 0. The van der Waals surface area contributed by atoms with Crippen molar-refractivity contribution in [1.82, 2.24) is 15.2 Å². The maximum absolute atomic E-state index is 13.7. The second-order valence-corrected chi connectivity index (χ2v) is 10.5. The average molecular weight is 564 g/mol. The lowest BCUT2D eigenvalue weighted by molar-refractivity contribution is -0.110. The van der Waals surface area contributed by atoms with Gasteiger partial charge < -0.3 is 20.5 Å². The molecule has 2 amide bonds. The van der Waals surface area contributed by atoms with Crippen LogP contribution in [0.2, 0.25) is 0 Å². The molecule has 3 N–H and O–H groups in total. The van der Waals surface area contributed by atoms with E-state index in [1.807, 2.05) is 54.6 Å². The van der Waals surface area contributed by atoms with Crippen LogP contribution in [-0.2, 0) is 4.79 Å². The summed E-state index contributed by atoms with van der Waals surface area (Å²) in [5.74, 6) is -0.165. The standard InChI is InChI=1S/C30H35BrN4O2/c1-5-35(6-2)16-10-15-32-30(37)27-26(20-11-8-7-9-12-20)25(33-28(27)19(3)4)18-23-22-17-21(31)13-14-24(22)34-29(23)36/h7-9,11-14,17-19,33H,5-6,10,15-16H2,1-4H3,(H,32,37)(H,34,36)/b23-18-. The molecule has 0 spiro atoms. The summed E-state index contributed by atoms with van der Waals surface area (Å²) in [6.45, 7) is 12.0. The Labute approximate surface area is 227 Å². The highest BCUT2D eigenvalue weighted by molar-refractivity contribution is 9.10. The van der Waals surface area contributed by atoms with Crippen LogP contribution in [-0.4, -0.2) is 47.9 Å². The third-order valence-corrected chi connectivity index (χ3v) is 7.30. The van der Waals surface area contributed by atoms with Crippen LogP contribution in [0.5, 0.6) is 0 Å². The summed E-state index contributed by atoms with van der Waals surface area (Å²) in [6.07, 6.45) is 2.76. The van der Waals surface area contributed by atoms with Crippen molar-refractivity contribution in [3.8, 4) is 11.1 Å². The van der Waals surface area contributed by atoms with Crippen LogP contribution < -0.4 is 10.6 Å². The number of carbonyl (C=O) groups excluding carboxylic acids is 2. The molecule has 2 aromatic carbocycles. The quantitative estimate of drug-likeness (QED) is 0.194. The highest BCUT2D eigenvalue weighted by Crippen LogP contribution is 2.39. The number of nitrogens with zero attached hydrogens (tertiary/aromatic N) is 1. The van der Waals surface area contributed by atoms with Gasteiger partial charge in [-0.1, -0.05) is 74.0 Å². The highest BCUT2D eigenvalue weighted by Gasteiger charge is 2.28. The molecule has 2 heterocycles. The molecule has 1 aliphatic heterocycles. The summed E-state index contributed by atoms with van der Waals surface area (Å²) in [5, 5.41) is 6.10. The van der Waals surface area contributed by atoms with E-state index in [-0.39, 0.29) is 17.7 Å². The Morgan fingerprint density at radius 2 is 1.84 bits per heavy atom. The fraction of sp³-hybridized carbons (Fsp3) is 0.333. The number of halogens is 1. The number of aromatic amines is 1. The third kappa shape index (κ3) is 5.89. The molecule has 3 aromatic rings. The van der Waals surface area contributed by atoms with Crippen molar-refractivity contribution in [2.45, 2.75) is 40.0 Å². The van der Waals surface area contributed by atoms with Gasteiger partial charge in [0, 0.05) is 39.2 Å². The van der Waals surface area contributed by atoms with Crippen molar-refractivity contribution in [1.29, 1.82) is 0 Å². The van der Waals surface area contributed by atoms with E-state index in [9.17, 15) is 9.59 Å². The van der Waals surface area contributed by atoms with E-state index in [4.69, 9.17) is 0 Å². The molecule has 0 unspecified atom stereocenters. The predicted molar refractivity (Wildman–Crippen MR) is 156 cm³/mol. The van der Waals surface area contributed by atoms with Crippen LogP contribution in [0.1, 0.15) is 67.3 Å². The second-order valence-electron chi connectivity index (χ2n) is 9.56. The molecule has 1 aromatic heterocycles. The van der Waals surface area contributed by atoms with E-state index in [0.29, 0.717) is 17.7 Å². The number of hydrogen-bond acceptors (Lipinski definition) is 3. The number of nitrogens with one attached hydrogen (secondary N) is 3. The number of hydrogen-bond donors (Lipinski definition) is 3. The van der Waals surface area contributed by atoms with E-state index in [1.165, 1.54) is 0 Å². The molecule has 7 heteroatoms. The van der Waals surface area contributed by atoms with Crippen molar-refractivity contribution >= 4 is 45.1 Å². The number of aromatic nitrogens is 1. The molecule has 6 nitrogen and oxygen atoms in total. The third-order valence-electron chi connectivity index (χ3n) is 6.81. The first-order valence-corrected chi connectivity index (χ1v) is 13.8. The van der Waals surface area contributed by atoms with Crippen LogP contribution in [0, 0.1) is 0 Å². The molecule has 0 bridgehead atoms. The zero-order valence-electron chi connectivity index (χ0n) is 22.0. The van der Waals surface area contributed by atoms with Gasteiger partial charge in [-0.25, -0.2) is 0 Å². The zero-order chi connectivity index (χ0) is 26.5. The fourth-order valence-electron chi connectivity index (χ4n) is 4.80. The molecule has 0 fully saturated rings. The minimum atomic E-state index is -0.157. The van der Waals surface area contributed by atoms with Gasteiger partial charge in [-0.05, 0) is 61.8 Å². The van der Waals surface area contributed by atoms with Gasteiger partial charge in [-0.2, -0.15) is 0 Å². The minimum Gasteiger partial charge on any atom is -0.357 e. The van der Waals surface area contributed by atoms with Crippen molar-refractivity contribution in [3.05, 3.63) is 75.5 Å². The monoisotopic (exact) mass is 562 g/mol. The average Bonchev–Trinajstić information content (AvgIpc) is 3.42. The molecule has 194 valence electrons. The highest BCUT2D eigenvalue weighted by atomic mass is 79.9. The molecular formula is C30H35BrN4O2. The number of amides is 2. The number of benzene rings is 2. The molecule has 4 rings (SSSR count). The van der Waals surface area contributed by atoms with Gasteiger partial charge in [-0.15, -0.1) is 0 Å². The van der Waals surface area contributed by atoms with Crippen LogP contribution in [0.15, 0.2) is 53.0 Å². The zero-order valence-corrected chi connectivity index (χ0v) is 23.5. The Morgan fingerprint density at radius 3 is 2.51 bits per heavy atom. The fourth-order valence-corrected chi connectivity index (χ4v) is 5.16. The van der Waals surface area contributed by atoms with Crippen LogP contribution in [0.3, 0.4) is 0 Å². The molecule has 0 radical (unpaired) electrons. The van der Waals surface area contributed by atoms with Crippen LogP contribution in [0.25, 0.3) is 22.8 Å². The Bertz CT molecular complexity index is 1310. The van der Waals surface area contributed by atoms with E-state index in [1.54, 1.807) is 0 Å². The Balaban J connectivity index is 1.77. The summed E-state index contributed by atoms with van der Waals surface area (Å²) < 4.78 is 0.899. The number of rotatable bonds is 10. The Hall–Kier alpha value is -3.16. The topological polar surface area (TPSA) is 77.2 Å². The lowest BCUT2D eigenvalue weighted by Gasteiger charge is -2.18.